The summed E-state index contributed by atoms with van der Waals surface area (Å²) in [6, 6.07) is 18.3. The molecule has 0 fully saturated rings. The lowest BCUT2D eigenvalue weighted by Crippen LogP contribution is -2.02. The average Bonchev–Trinajstić information content (AvgIpc) is 2.61. The molecule has 3 aromatic carbocycles. The fraction of sp³-hybridized carbons (Fsp3) is 0.143. The highest BCUT2D eigenvalue weighted by Crippen LogP contribution is 2.27. The predicted octanol–water partition coefficient (Wildman–Crippen LogP) is 6.74. The van der Waals surface area contributed by atoms with Crippen molar-refractivity contribution >= 4 is 33.2 Å². The lowest BCUT2D eigenvalue weighted by atomic mass is 10.1. The van der Waals surface area contributed by atoms with E-state index in [2.05, 4.69) is 34.2 Å². The molecule has 134 valence electrons. The highest BCUT2D eigenvalue weighted by Gasteiger charge is 2.07. The highest BCUT2D eigenvalue weighted by atomic mass is 79.9. The Morgan fingerprint density at radius 1 is 1.08 bits per heavy atom. The van der Waals surface area contributed by atoms with Crippen LogP contribution in [-0.2, 0) is 13.2 Å². The predicted molar refractivity (Wildman–Crippen MR) is 108 cm³/mol. The summed E-state index contributed by atoms with van der Waals surface area (Å²) in [5.41, 5.74) is 3.77. The van der Waals surface area contributed by atoms with Crippen LogP contribution in [-0.4, -0.2) is 0 Å². The second-order valence-electron chi connectivity index (χ2n) is 5.96. The minimum atomic E-state index is -0.283. The molecule has 2 nitrogen and oxygen atoms in total. The molecule has 0 saturated carbocycles. The molecule has 0 unspecified atom stereocenters. The molecule has 5 heteroatoms. The summed E-state index contributed by atoms with van der Waals surface area (Å²) in [4.78, 5) is 0. The molecule has 0 aromatic heterocycles. The summed E-state index contributed by atoms with van der Waals surface area (Å²) in [5, 5.41) is 3.91. The fourth-order valence-corrected chi connectivity index (χ4v) is 3.30. The van der Waals surface area contributed by atoms with Gasteiger partial charge in [-0.3, -0.25) is 0 Å². The zero-order chi connectivity index (χ0) is 18.5. The number of nitrogens with one attached hydrogen (secondary N) is 1. The van der Waals surface area contributed by atoms with Gasteiger partial charge in [0, 0.05) is 22.3 Å². The van der Waals surface area contributed by atoms with Crippen LogP contribution in [0.2, 0.25) is 5.02 Å². The summed E-state index contributed by atoms with van der Waals surface area (Å²) < 4.78 is 20.4. The van der Waals surface area contributed by atoms with Crippen molar-refractivity contribution in [1.82, 2.24) is 0 Å². The van der Waals surface area contributed by atoms with Crippen LogP contribution in [0.5, 0.6) is 5.75 Å². The Kier molecular flexibility index (Phi) is 6.17. The van der Waals surface area contributed by atoms with Crippen LogP contribution in [0.3, 0.4) is 0 Å². The van der Waals surface area contributed by atoms with Gasteiger partial charge in [0.1, 0.15) is 18.2 Å². The minimum Gasteiger partial charge on any atom is -0.487 e. The summed E-state index contributed by atoms with van der Waals surface area (Å²) in [6.45, 7) is 2.84. The molecule has 0 radical (unpaired) electrons. The minimum absolute atomic E-state index is 0.141. The van der Waals surface area contributed by atoms with E-state index in [9.17, 15) is 4.39 Å². The average molecular weight is 435 g/mol. The Labute approximate surface area is 166 Å². The number of anilines is 1. The molecule has 0 saturated heterocycles. The second-order valence-corrected chi connectivity index (χ2v) is 7.28. The Balaban J connectivity index is 1.63. The largest absolute Gasteiger partial charge is 0.487 e. The van der Waals surface area contributed by atoms with Gasteiger partial charge in [-0.25, -0.2) is 4.39 Å². The van der Waals surface area contributed by atoms with Crippen molar-refractivity contribution in [2.45, 2.75) is 20.1 Å². The molecule has 0 heterocycles. The molecule has 1 N–H and O–H groups in total. The lowest BCUT2D eigenvalue weighted by molar-refractivity contribution is 0.300. The topological polar surface area (TPSA) is 21.3 Å². The molecule has 0 atom stereocenters. The first-order chi connectivity index (χ1) is 12.5. The number of halogens is 3. The first-order valence-corrected chi connectivity index (χ1v) is 9.34. The zero-order valence-electron chi connectivity index (χ0n) is 14.2. The van der Waals surface area contributed by atoms with Gasteiger partial charge >= 0.3 is 0 Å². The van der Waals surface area contributed by atoms with Crippen molar-refractivity contribution in [2.24, 2.45) is 0 Å². The Hall–Kier alpha value is -2.04. The van der Waals surface area contributed by atoms with Gasteiger partial charge in [-0.1, -0.05) is 51.8 Å². The van der Waals surface area contributed by atoms with Crippen LogP contribution in [0.1, 0.15) is 16.7 Å². The van der Waals surface area contributed by atoms with Gasteiger partial charge in [-0.05, 0) is 54.4 Å². The number of aryl methyl sites for hydroxylation is 1. The van der Waals surface area contributed by atoms with Gasteiger partial charge in [0.15, 0.2) is 0 Å². The number of rotatable bonds is 6. The van der Waals surface area contributed by atoms with E-state index in [1.54, 1.807) is 18.2 Å². The molecule has 3 aromatic rings. The molecular weight excluding hydrogens is 417 g/mol. The summed E-state index contributed by atoms with van der Waals surface area (Å²) in [6.07, 6.45) is 0. The number of hydrogen-bond donors (Lipinski definition) is 1. The quantitative estimate of drug-likeness (QED) is 0.464. The van der Waals surface area contributed by atoms with E-state index in [-0.39, 0.29) is 12.4 Å². The number of benzene rings is 3. The van der Waals surface area contributed by atoms with E-state index in [4.69, 9.17) is 16.3 Å². The van der Waals surface area contributed by atoms with Crippen LogP contribution >= 0.6 is 27.5 Å². The lowest BCUT2D eigenvalue weighted by Gasteiger charge is -2.12. The zero-order valence-corrected chi connectivity index (χ0v) is 16.6. The van der Waals surface area contributed by atoms with Gasteiger partial charge in [-0.2, -0.15) is 0 Å². The van der Waals surface area contributed by atoms with E-state index < -0.39 is 0 Å². The third-order valence-corrected chi connectivity index (χ3v) is 4.80. The Bertz CT molecular complexity index is 916. The monoisotopic (exact) mass is 433 g/mol. The molecule has 0 aliphatic carbocycles. The number of ether oxygens (including phenoxy) is 1. The smallest absolute Gasteiger partial charge is 0.138 e. The van der Waals surface area contributed by atoms with Crippen molar-refractivity contribution in [3.8, 4) is 5.75 Å². The van der Waals surface area contributed by atoms with E-state index in [1.807, 2.05) is 30.3 Å². The van der Waals surface area contributed by atoms with Crippen molar-refractivity contribution in [3.63, 3.8) is 0 Å². The van der Waals surface area contributed by atoms with Crippen molar-refractivity contribution in [1.29, 1.82) is 0 Å². The normalized spacial score (nSPS) is 10.6. The molecule has 0 amide bonds. The van der Waals surface area contributed by atoms with Gasteiger partial charge < -0.3 is 10.1 Å². The SMILES string of the molecule is Cc1cc(Br)ccc1NCc1ccc(OCc2ccccc2F)c(Cl)c1. The molecular formula is C21H18BrClFNO. The van der Waals surface area contributed by atoms with Crippen LogP contribution in [0, 0.1) is 12.7 Å². The molecule has 0 spiro atoms. The van der Waals surface area contributed by atoms with Crippen LogP contribution < -0.4 is 10.1 Å². The van der Waals surface area contributed by atoms with Crippen LogP contribution in [0.25, 0.3) is 0 Å². The first kappa shape index (κ1) is 18.7. The van der Waals surface area contributed by atoms with E-state index in [1.165, 1.54) is 6.07 Å². The van der Waals surface area contributed by atoms with Crippen LogP contribution in [0.4, 0.5) is 10.1 Å². The van der Waals surface area contributed by atoms with Crippen molar-refractivity contribution in [3.05, 3.63) is 92.7 Å². The first-order valence-electron chi connectivity index (χ1n) is 8.17. The summed E-state index contributed by atoms with van der Waals surface area (Å²) >= 11 is 9.78. The fourth-order valence-electron chi connectivity index (χ4n) is 2.57. The number of hydrogen-bond acceptors (Lipinski definition) is 2. The van der Waals surface area contributed by atoms with Crippen molar-refractivity contribution in [2.75, 3.05) is 5.32 Å². The highest BCUT2D eigenvalue weighted by molar-refractivity contribution is 9.10. The standard InChI is InChI=1S/C21H18BrClFNO/c1-14-10-17(22)7-8-20(14)25-12-15-6-9-21(18(23)11-15)26-13-16-4-2-3-5-19(16)24/h2-11,25H,12-13H2,1H3. The Morgan fingerprint density at radius 2 is 1.88 bits per heavy atom. The van der Waals surface area contributed by atoms with Gasteiger partial charge in [0.2, 0.25) is 0 Å². The summed E-state index contributed by atoms with van der Waals surface area (Å²) in [5.74, 6) is 0.257. The van der Waals surface area contributed by atoms with Crippen molar-refractivity contribution < 1.29 is 9.13 Å². The maximum absolute atomic E-state index is 13.7. The molecule has 3 rings (SSSR count). The van der Waals surface area contributed by atoms with Gasteiger partial charge in [-0.15, -0.1) is 0 Å². The molecule has 0 aliphatic heterocycles. The van der Waals surface area contributed by atoms with E-state index in [0.717, 1.165) is 21.3 Å². The molecule has 0 bridgehead atoms. The second kappa shape index (κ2) is 8.56. The summed E-state index contributed by atoms with van der Waals surface area (Å²) in [7, 11) is 0. The maximum atomic E-state index is 13.7. The third kappa shape index (κ3) is 4.77. The van der Waals surface area contributed by atoms with E-state index >= 15 is 0 Å². The van der Waals surface area contributed by atoms with E-state index in [0.29, 0.717) is 22.9 Å². The third-order valence-electron chi connectivity index (χ3n) is 4.01. The van der Waals surface area contributed by atoms with Crippen LogP contribution in [0.15, 0.2) is 65.1 Å². The van der Waals surface area contributed by atoms with Gasteiger partial charge in [0.25, 0.3) is 0 Å². The maximum Gasteiger partial charge on any atom is 0.138 e. The molecule has 26 heavy (non-hydrogen) atoms. The van der Waals surface area contributed by atoms with Gasteiger partial charge in [0.05, 0.1) is 5.02 Å². The Morgan fingerprint density at radius 3 is 2.62 bits per heavy atom. The molecule has 0 aliphatic rings.